The number of hydrogen-bond donors (Lipinski definition) is 3. The van der Waals surface area contributed by atoms with Gasteiger partial charge in [-0.2, -0.15) is 0 Å². The summed E-state index contributed by atoms with van der Waals surface area (Å²) in [5, 5.41) is 14.5. The number of carbonyl (C=O) groups is 3. The molecule has 0 unspecified atom stereocenters. The van der Waals surface area contributed by atoms with Gasteiger partial charge in [0.25, 0.3) is 0 Å². The molecule has 1 aliphatic carbocycles. The molecule has 8 heteroatoms. The molecule has 3 aromatic carbocycles. The number of anilines is 1. The van der Waals surface area contributed by atoms with Crippen molar-refractivity contribution < 1.29 is 24.2 Å². The number of halogens is 1. The van der Waals surface area contributed by atoms with Crippen LogP contribution in [0.25, 0.3) is 11.1 Å². The quantitative estimate of drug-likeness (QED) is 0.401. The van der Waals surface area contributed by atoms with E-state index >= 15 is 0 Å². The van der Waals surface area contributed by atoms with E-state index in [1.807, 2.05) is 36.4 Å². The van der Waals surface area contributed by atoms with Crippen LogP contribution in [0, 0.1) is 5.92 Å². The predicted molar refractivity (Wildman–Crippen MR) is 134 cm³/mol. The highest BCUT2D eigenvalue weighted by molar-refractivity contribution is 6.34. The van der Waals surface area contributed by atoms with Crippen molar-refractivity contribution in [3.63, 3.8) is 0 Å². The van der Waals surface area contributed by atoms with Gasteiger partial charge in [-0.1, -0.05) is 74.0 Å². The first-order chi connectivity index (χ1) is 16.8. The van der Waals surface area contributed by atoms with Gasteiger partial charge in [0.15, 0.2) is 0 Å². The van der Waals surface area contributed by atoms with Gasteiger partial charge in [0.2, 0.25) is 5.91 Å². The third-order valence-electron chi connectivity index (χ3n) is 6.04. The van der Waals surface area contributed by atoms with Crippen molar-refractivity contribution in [2.24, 2.45) is 5.92 Å². The Morgan fingerprint density at radius 2 is 1.57 bits per heavy atom. The van der Waals surface area contributed by atoms with Crippen LogP contribution in [-0.2, 0) is 9.53 Å². The van der Waals surface area contributed by atoms with Crippen LogP contribution >= 0.6 is 11.6 Å². The summed E-state index contributed by atoms with van der Waals surface area (Å²) < 4.78 is 5.57. The van der Waals surface area contributed by atoms with E-state index < -0.39 is 24.0 Å². The van der Waals surface area contributed by atoms with Gasteiger partial charge in [-0.25, -0.2) is 9.59 Å². The third kappa shape index (κ3) is 5.15. The first kappa shape index (κ1) is 24.3. The summed E-state index contributed by atoms with van der Waals surface area (Å²) in [5.74, 6) is -1.95. The van der Waals surface area contributed by atoms with Gasteiger partial charge in [-0.05, 0) is 46.4 Å². The predicted octanol–water partition coefficient (Wildman–Crippen LogP) is 5.54. The second kappa shape index (κ2) is 10.2. The zero-order valence-electron chi connectivity index (χ0n) is 19.2. The molecule has 180 valence electrons. The smallest absolute Gasteiger partial charge is 0.407 e. The maximum Gasteiger partial charge on any atom is 0.407 e. The zero-order valence-corrected chi connectivity index (χ0v) is 20.0. The van der Waals surface area contributed by atoms with Crippen LogP contribution < -0.4 is 10.6 Å². The minimum atomic E-state index is -1.12. The van der Waals surface area contributed by atoms with Crippen molar-refractivity contribution in [3.8, 4) is 11.1 Å². The maximum atomic E-state index is 12.9. The highest BCUT2D eigenvalue weighted by Crippen LogP contribution is 2.44. The number of amides is 2. The lowest BCUT2D eigenvalue weighted by molar-refractivity contribution is -0.119. The summed E-state index contributed by atoms with van der Waals surface area (Å²) in [4.78, 5) is 36.7. The number of alkyl carbamates (subject to hydrolysis) is 1. The summed E-state index contributed by atoms with van der Waals surface area (Å²) in [5.41, 5.74) is 4.70. The molecule has 0 aliphatic heterocycles. The lowest BCUT2D eigenvalue weighted by atomic mass is 9.98. The number of benzene rings is 3. The van der Waals surface area contributed by atoms with Crippen LogP contribution in [0.1, 0.15) is 41.3 Å². The first-order valence-electron chi connectivity index (χ1n) is 11.2. The lowest BCUT2D eigenvalue weighted by Crippen LogP contribution is -2.47. The number of hydrogen-bond acceptors (Lipinski definition) is 4. The molecule has 0 saturated heterocycles. The average molecular weight is 493 g/mol. The second-order valence-corrected chi connectivity index (χ2v) is 9.09. The fourth-order valence-corrected chi connectivity index (χ4v) is 4.49. The molecule has 4 rings (SSSR count). The van der Waals surface area contributed by atoms with E-state index in [2.05, 4.69) is 22.8 Å². The van der Waals surface area contributed by atoms with Gasteiger partial charge in [-0.3, -0.25) is 4.79 Å². The van der Waals surface area contributed by atoms with Crippen molar-refractivity contribution in [3.05, 3.63) is 88.4 Å². The third-order valence-corrected chi connectivity index (χ3v) is 6.35. The van der Waals surface area contributed by atoms with E-state index in [0.29, 0.717) is 0 Å². The monoisotopic (exact) mass is 492 g/mol. The molecule has 1 aliphatic rings. The molecule has 0 fully saturated rings. The zero-order chi connectivity index (χ0) is 25.1. The molecule has 7 nitrogen and oxygen atoms in total. The molecule has 35 heavy (non-hydrogen) atoms. The molecule has 2 amide bonds. The van der Waals surface area contributed by atoms with Crippen molar-refractivity contribution in [2.45, 2.75) is 25.8 Å². The molecule has 0 heterocycles. The Hall–Kier alpha value is -3.84. The summed E-state index contributed by atoms with van der Waals surface area (Å²) in [6.07, 6.45) is -0.701. The SMILES string of the molecule is CC(C)[C@@H](NC(=O)OCC1c2ccccc2-c2ccccc21)C(=O)Nc1ccc(C(=O)O)cc1Cl. The van der Waals surface area contributed by atoms with E-state index in [-0.39, 0.29) is 34.7 Å². The Morgan fingerprint density at radius 3 is 2.11 bits per heavy atom. The number of carbonyl (C=O) groups excluding carboxylic acids is 2. The van der Waals surface area contributed by atoms with Crippen molar-refractivity contribution in [1.29, 1.82) is 0 Å². The van der Waals surface area contributed by atoms with Crippen LogP contribution in [0.15, 0.2) is 66.7 Å². The fourth-order valence-electron chi connectivity index (χ4n) is 4.26. The van der Waals surface area contributed by atoms with Gasteiger partial charge < -0.3 is 20.5 Å². The highest BCUT2D eigenvalue weighted by Gasteiger charge is 2.30. The van der Waals surface area contributed by atoms with Crippen LogP contribution in [0.5, 0.6) is 0 Å². The molecular formula is C27H25ClN2O5. The van der Waals surface area contributed by atoms with E-state index in [4.69, 9.17) is 21.4 Å². The molecule has 0 radical (unpaired) electrons. The largest absolute Gasteiger partial charge is 0.478 e. The minimum absolute atomic E-state index is 0.00479. The normalized spacial score (nSPS) is 13.0. The first-order valence-corrected chi connectivity index (χ1v) is 11.6. The Morgan fingerprint density at radius 1 is 0.971 bits per heavy atom. The molecule has 0 aromatic heterocycles. The number of nitrogens with one attached hydrogen (secondary N) is 2. The van der Waals surface area contributed by atoms with Gasteiger partial charge in [0.05, 0.1) is 16.3 Å². The number of ether oxygens (including phenoxy) is 1. The molecule has 0 saturated carbocycles. The topological polar surface area (TPSA) is 105 Å². The van der Waals surface area contributed by atoms with Gasteiger partial charge in [0, 0.05) is 5.92 Å². The fraction of sp³-hybridized carbons (Fsp3) is 0.222. The Labute approximate surface area is 208 Å². The highest BCUT2D eigenvalue weighted by atomic mass is 35.5. The van der Waals surface area contributed by atoms with Gasteiger partial charge in [0.1, 0.15) is 12.6 Å². The summed E-state index contributed by atoms with van der Waals surface area (Å²) in [6, 6.07) is 19.2. The maximum absolute atomic E-state index is 12.9. The van der Waals surface area contributed by atoms with Gasteiger partial charge >= 0.3 is 12.1 Å². The van der Waals surface area contributed by atoms with E-state index in [1.165, 1.54) is 18.2 Å². The van der Waals surface area contributed by atoms with Crippen molar-refractivity contribution >= 4 is 35.3 Å². The van der Waals surface area contributed by atoms with Crippen LogP contribution in [0.4, 0.5) is 10.5 Å². The Balaban J connectivity index is 1.42. The van der Waals surface area contributed by atoms with Crippen LogP contribution in [-0.4, -0.2) is 35.7 Å². The molecule has 3 N–H and O–H groups in total. The van der Waals surface area contributed by atoms with E-state index in [0.717, 1.165) is 22.3 Å². The minimum Gasteiger partial charge on any atom is -0.478 e. The van der Waals surface area contributed by atoms with E-state index in [9.17, 15) is 14.4 Å². The number of rotatable bonds is 7. The molecule has 3 aromatic rings. The van der Waals surface area contributed by atoms with Crippen molar-refractivity contribution in [2.75, 3.05) is 11.9 Å². The number of carboxylic acid groups (broad SMARTS) is 1. The Bertz CT molecular complexity index is 1240. The van der Waals surface area contributed by atoms with Crippen molar-refractivity contribution in [1.82, 2.24) is 5.32 Å². The summed E-state index contributed by atoms with van der Waals surface area (Å²) in [7, 11) is 0. The molecular weight excluding hydrogens is 468 g/mol. The van der Waals surface area contributed by atoms with E-state index in [1.54, 1.807) is 13.8 Å². The average Bonchev–Trinajstić information content (AvgIpc) is 3.15. The Kier molecular flexibility index (Phi) is 7.07. The standard InChI is InChI=1S/C27H25ClN2O5/c1-15(2)24(25(31)29-23-12-11-16(26(32)33)13-22(23)28)30-27(34)35-14-21-19-9-5-3-7-17(19)18-8-4-6-10-20(18)21/h3-13,15,21,24H,14H2,1-2H3,(H,29,31)(H,30,34)(H,32,33)/t24-/m1/s1. The second-order valence-electron chi connectivity index (χ2n) is 8.68. The molecule has 0 spiro atoms. The number of carboxylic acids is 1. The van der Waals surface area contributed by atoms with Crippen LogP contribution in [0.3, 0.4) is 0 Å². The molecule has 0 bridgehead atoms. The number of aromatic carboxylic acids is 1. The number of fused-ring (bicyclic) bond motifs is 3. The molecule has 1 atom stereocenters. The summed E-state index contributed by atoms with van der Waals surface area (Å²) >= 11 is 6.12. The van der Waals surface area contributed by atoms with Crippen LogP contribution in [0.2, 0.25) is 5.02 Å². The van der Waals surface area contributed by atoms with Gasteiger partial charge in [-0.15, -0.1) is 0 Å². The summed E-state index contributed by atoms with van der Waals surface area (Å²) in [6.45, 7) is 3.72. The lowest BCUT2D eigenvalue weighted by Gasteiger charge is -2.22.